The number of amidine groups is 1. The Morgan fingerprint density at radius 1 is 1.00 bits per heavy atom. The number of Topliss-reactive ketones (excluding diaryl/α,β-unsaturated/α-hetero) is 1. The van der Waals surface area contributed by atoms with Gasteiger partial charge in [0, 0.05) is 51.0 Å². The third kappa shape index (κ3) is 3.72. The summed E-state index contributed by atoms with van der Waals surface area (Å²) in [6, 6.07) is 22.1. The van der Waals surface area contributed by atoms with E-state index in [1.54, 1.807) is 65.6 Å². The molecule has 6 heteroatoms. The van der Waals surface area contributed by atoms with Gasteiger partial charge < -0.3 is 5.11 Å². The fraction of sp³-hybridized carbons (Fsp3) is 0.143. The van der Waals surface area contributed by atoms with Crippen LogP contribution in [0, 0.1) is 11.2 Å². The van der Waals surface area contributed by atoms with Gasteiger partial charge in [-0.2, -0.15) is 0 Å². The normalized spacial score (nSPS) is 19.8. The Morgan fingerprint density at radius 3 is 2.47 bits per heavy atom. The van der Waals surface area contributed by atoms with Crippen molar-refractivity contribution in [1.29, 1.82) is 5.41 Å². The first-order valence-electron chi connectivity index (χ1n) is 11.1. The van der Waals surface area contributed by atoms with Crippen molar-refractivity contribution in [3.8, 4) is 0 Å². The van der Waals surface area contributed by atoms with E-state index in [4.69, 9.17) is 11.6 Å². The number of ketones is 1. The van der Waals surface area contributed by atoms with Crippen LogP contribution in [0.15, 0.2) is 95.7 Å². The molecule has 4 nitrogen and oxygen atoms in total. The maximum atomic E-state index is 15.2. The molecule has 170 valence electrons. The number of rotatable bonds is 3. The van der Waals surface area contributed by atoms with Crippen molar-refractivity contribution in [3.63, 3.8) is 0 Å². The van der Waals surface area contributed by atoms with Crippen LogP contribution in [-0.2, 0) is 4.79 Å². The molecule has 2 aliphatic rings. The Labute approximate surface area is 202 Å². The molecule has 5 rings (SSSR count). The molecule has 0 fully saturated rings. The summed E-state index contributed by atoms with van der Waals surface area (Å²) in [5.74, 6) is -1.65. The fourth-order valence-electron chi connectivity index (χ4n) is 4.86. The standard InChI is InChI=1S/C28H22ClFN2O2/c29-18-10-6-11-19(16-18)32-22-14-7-15-23(33)25(22)24(20-12-4-5-13-21(20)30)26(28(32)31)27(34)17-8-2-1-3-9-17/h1-6,8-13,16,24,31,34H,7,14-15H2/b27-26+,31-28?. The van der Waals surface area contributed by atoms with E-state index in [1.165, 1.54) is 6.07 Å². The van der Waals surface area contributed by atoms with E-state index in [0.29, 0.717) is 46.8 Å². The summed E-state index contributed by atoms with van der Waals surface area (Å²) in [6.45, 7) is 0. The van der Waals surface area contributed by atoms with Crippen LogP contribution in [-0.4, -0.2) is 16.7 Å². The molecule has 1 heterocycles. The second-order valence-electron chi connectivity index (χ2n) is 8.38. The van der Waals surface area contributed by atoms with Crippen LogP contribution in [0.4, 0.5) is 10.1 Å². The number of hydrogen-bond acceptors (Lipinski definition) is 3. The van der Waals surface area contributed by atoms with Gasteiger partial charge in [-0.15, -0.1) is 0 Å². The predicted octanol–water partition coefficient (Wildman–Crippen LogP) is 7.04. The van der Waals surface area contributed by atoms with E-state index >= 15 is 4.39 Å². The molecule has 0 bridgehead atoms. The average Bonchev–Trinajstić information content (AvgIpc) is 2.84. The maximum absolute atomic E-state index is 15.2. The van der Waals surface area contributed by atoms with E-state index in [1.807, 2.05) is 12.1 Å². The smallest absolute Gasteiger partial charge is 0.161 e. The molecule has 0 amide bonds. The summed E-state index contributed by atoms with van der Waals surface area (Å²) in [4.78, 5) is 15.0. The molecule has 0 saturated carbocycles. The third-order valence-electron chi connectivity index (χ3n) is 6.34. The van der Waals surface area contributed by atoms with Crippen LogP contribution in [0.25, 0.3) is 5.76 Å². The lowest BCUT2D eigenvalue weighted by atomic mass is 9.73. The first-order valence-corrected chi connectivity index (χ1v) is 11.5. The number of aliphatic hydroxyl groups excluding tert-OH is 1. The summed E-state index contributed by atoms with van der Waals surface area (Å²) in [5, 5.41) is 21.2. The van der Waals surface area contributed by atoms with Gasteiger partial charge in [0.05, 0.1) is 0 Å². The Kier molecular flexibility index (Phi) is 5.80. The molecule has 1 unspecified atom stereocenters. The van der Waals surface area contributed by atoms with Crippen molar-refractivity contribution in [2.75, 3.05) is 4.90 Å². The van der Waals surface area contributed by atoms with E-state index in [2.05, 4.69) is 0 Å². The largest absolute Gasteiger partial charge is 0.507 e. The first-order chi connectivity index (χ1) is 16.5. The van der Waals surface area contributed by atoms with Crippen molar-refractivity contribution in [2.24, 2.45) is 0 Å². The summed E-state index contributed by atoms with van der Waals surface area (Å²) in [6.07, 6.45) is 1.52. The average molecular weight is 473 g/mol. The second kappa shape index (κ2) is 8.92. The van der Waals surface area contributed by atoms with Gasteiger partial charge >= 0.3 is 0 Å². The van der Waals surface area contributed by atoms with Gasteiger partial charge in [0.25, 0.3) is 0 Å². The van der Waals surface area contributed by atoms with Crippen molar-refractivity contribution < 1.29 is 14.3 Å². The zero-order valence-electron chi connectivity index (χ0n) is 18.3. The van der Waals surface area contributed by atoms with Crippen LogP contribution in [0.3, 0.4) is 0 Å². The lowest BCUT2D eigenvalue weighted by molar-refractivity contribution is -0.116. The highest BCUT2D eigenvalue weighted by Crippen LogP contribution is 2.48. The molecule has 34 heavy (non-hydrogen) atoms. The fourth-order valence-corrected chi connectivity index (χ4v) is 5.05. The number of allylic oxidation sites excluding steroid dienone is 2. The number of carbonyl (C=O) groups excluding carboxylic acids is 1. The molecule has 0 spiro atoms. The summed E-state index contributed by atoms with van der Waals surface area (Å²) in [7, 11) is 0. The SMILES string of the molecule is N=C1/C(=C(/O)c2ccccc2)C(c2ccccc2F)C2=C(CCCC2=O)N1c1cccc(Cl)c1. The van der Waals surface area contributed by atoms with E-state index in [0.717, 1.165) is 0 Å². The summed E-state index contributed by atoms with van der Waals surface area (Å²) in [5.41, 5.74) is 2.63. The highest BCUT2D eigenvalue weighted by atomic mass is 35.5. The van der Waals surface area contributed by atoms with Crippen molar-refractivity contribution >= 4 is 34.7 Å². The quantitative estimate of drug-likeness (QED) is 0.402. The van der Waals surface area contributed by atoms with Crippen LogP contribution in [0.2, 0.25) is 5.02 Å². The minimum absolute atomic E-state index is 0.00896. The molecular weight excluding hydrogens is 451 g/mol. The van der Waals surface area contributed by atoms with Gasteiger partial charge in [-0.1, -0.05) is 66.2 Å². The molecule has 3 aromatic carbocycles. The number of carbonyl (C=O) groups is 1. The minimum Gasteiger partial charge on any atom is -0.507 e. The predicted molar refractivity (Wildman–Crippen MR) is 133 cm³/mol. The molecule has 0 radical (unpaired) electrons. The number of aliphatic hydroxyl groups is 1. The summed E-state index contributed by atoms with van der Waals surface area (Å²) >= 11 is 6.26. The van der Waals surface area contributed by atoms with E-state index < -0.39 is 11.7 Å². The third-order valence-corrected chi connectivity index (χ3v) is 6.57. The zero-order valence-corrected chi connectivity index (χ0v) is 19.0. The molecular formula is C28H22ClFN2O2. The lowest BCUT2D eigenvalue weighted by Gasteiger charge is -2.41. The highest BCUT2D eigenvalue weighted by molar-refractivity contribution is 6.31. The van der Waals surface area contributed by atoms with Crippen molar-refractivity contribution in [2.45, 2.75) is 25.2 Å². The Bertz CT molecular complexity index is 1360. The Morgan fingerprint density at radius 2 is 1.74 bits per heavy atom. The van der Waals surface area contributed by atoms with Crippen molar-refractivity contribution in [3.05, 3.63) is 118 Å². The lowest BCUT2D eigenvalue weighted by Crippen LogP contribution is -2.42. The van der Waals surface area contributed by atoms with Crippen LogP contribution >= 0.6 is 11.6 Å². The van der Waals surface area contributed by atoms with Gasteiger partial charge in [-0.25, -0.2) is 4.39 Å². The summed E-state index contributed by atoms with van der Waals surface area (Å²) < 4.78 is 15.2. The van der Waals surface area contributed by atoms with E-state index in [-0.39, 0.29) is 28.5 Å². The molecule has 3 aromatic rings. The van der Waals surface area contributed by atoms with Gasteiger partial charge in [-0.05, 0) is 37.1 Å². The monoisotopic (exact) mass is 472 g/mol. The second-order valence-corrected chi connectivity index (χ2v) is 8.82. The minimum atomic E-state index is -0.896. The zero-order chi connectivity index (χ0) is 23.8. The van der Waals surface area contributed by atoms with Crippen LogP contribution < -0.4 is 4.90 Å². The first kappa shape index (κ1) is 22.1. The number of halogens is 2. The number of anilines is 1. The Hall–Kier alpha value is -3.70. The molecule has 0 saturated heterocycles. The van der Waals surface area contributed by atoms with Crippen molar-refractivity contribution in [1.82, 2.24) is 0 Å². The van der Waals surface area contributed by atoms with Gasteiger partial charge in [0.1, 0.15) is 17.4 Å². The maximum Gasteiger partial charge on any atom is 0.161 e. The number of benzene rings is 3. The van der Waals surface area contributed by atoms with Crippen LogP contribution in [0.1, 0.15) is 36.3 Å². The highest BCUT2D eigenvalue weighted by Gasteiger charge is 2.44. The molecule has 2 N–H and O–H groups in total. The molecule has 0 aromatic heterocycles. The number of nitrogens with one attached hydrogen (secondary N) is 1. The van der Waals surface area contributed by atoms with E-state index in [9.17, 15) is 15.3 Å². The van der Waals surface area contributed by atoms with Gasteiger partial charge in [-0.3, -0.25) is 15.1 Å². The Balaban J connectivity index is 1.86. The molecule has 1 atom stereocenters. The van der Waals surface area contributed by atoms with Crippen LogP contribution in [0.5, 0.6) is 0 Å². The number of hydrogen-bond donors (Lipinski definition) is 2. The number of nitrogens with zero attached hydrogens (tertiary/aromatic N) is 1. The molecule has 1 aliphatic heterocycles. The molecule has 1 aliphatic carbocycles. The van der Waals surface area contributed by atoms with Gasteiger partial charge in [0.2, 0.25) is 0 Å². The topological polar surface area (TPSA) is 64.4 Å². The van der Waals surface area contributed by atoms with Gasteiger partial charge in [0.15, 0.2) is 5.78 Å².